The molecule has 0 spiro atoms. The zero-order valence-electron chi connectivity index (χ0n) is 11.4. The highest BCUT2D eigenvalue weighted by molar-refractivity contribution is 14.1. The fourth-order valence-corrected chi connectivity index (χ4v) is 3.08. The number of hydrogen-bond donors (Lipinski definition) is 0. The molecule has 0 amide bonds. The molecule has 0 aliphatic rings. The molecule has 0 fully saturated rings. The van der Waals surface area contributed by atoms with Crippen LogP contribution in [-0.2, 0) is 16.1 Å². The molecule has 4 heteroatoms. The Morgan fingerprint density at radius 3 is 2.62 bits per heavy atom. The highest BCUT2D eigenvalue weighted by Crippen LogP contribution is 2.36. The topological polar surface area (TPSA) is 39.4 Å². The number of fused-ring (bicyclic) bond motifs is 1. The third-order valence-electron chi connectivity index (χ3n) is 3.23. The molecule has 0 aliphatic heterocycles. The molecule has 0 saturated heterocycles. The molecule has 0 aliphatic carbocycles. The van der Waals surface area contributed by atoms with Crippen molar-refractivity contribution in [3.63, 3.8) is 0 Å². The summed E-state index contributed by atoms with van der Waals surface area (Å²) in [4.78, 5) is 11.0. The molecule has 106 valence electrons. The molecule has 0 atom stereocenters. The Morgan fingerprint density at radius 2 is 1.86 bits per heavy atom. The normalized spacial score (nSPS) is 10.8. The van der Waals surface area contributed by atoms with Gasteiger partial charge in [-0.05, 0) is 28.7 Å². The van der Waals surface area contributed by atoms with Crippen LogP contribution in [0.5, 0.6) is 0 Å². The molecule has 0 saturated carbocycles. The van der Waals surface area contributed by atoms with Crippen LogP contribution in [0.2, 0.25) is 0 Å². The van der Waals surface area contributed by atoms with Crippen LogP contribution in [0, 0.1) is 3.57 Å². The van der Waals surface area contributed by atoms with Gasteiger partial charge in [0.2, 0.25) is 0 Å². The molecular formula is C17H13IO3. The van der Waals surface area contributed by atoms with E-state index in [1.165, 1.54) is 6.92 Å². The lowest BCUT2D eigenvalue weighted by Gasteiger charge is -2.07. The van der Waals surface area contributed by atoms with Gasteiger partial charge in [0, 0.05) is 23.4 Å². The summed E-state index contributed by atoms with van der Waals surface area (Å²) in [5.41, 5.74) is 2.75. The molecule has 3 rings (SSSR count). The number of ether oxygens (including phenoxy) is 1. The maximum Gasteiger partial charge on any atom is 0.302 e. The van der Waals surface area contributed by atoms with Gasteiger partial charge in [0.1, 0.15) is 18.0 Å². The molecule has 3 aromatic rings. The van der Waals surface area contributed by atoms with Gasteiger partial charge >= 0.3 is 5.97 Å². The second-order valence-electron chi connectivity index (χ2n) is 4.68. The average molecular weight is 392 g/mol. The van der Waals surface area contributed by atoms with E-state index < -0.39 is 0 Å². The van der Waals surface area contributed by atoms with Gasteiger partial charge in [-0.25, -0.2) is 0 Å². The van der Waals surface area contributed by atoms with Gasteiger partial charge < -0.3 is 9.15 Å². The highest BCUT2D eigenvalue weighted by Gasteiger charge is 2.16. The predicted molar refractivity (Wildman–Crippen MR) is 89.8 cm³/mol. The number of carbonyl (C=O) groups excluding carboxylic acids is 1. The third-order valence-corrected chi connectivity index (χ3v) is 4.30. The van der Waals surface area contributed by atoms with Crippen molar-refractivity contribution in [3.05, 3.63) is 57.7 Å². The Labute approximate surface area is 136 Å². The van der Waals surface area contributed by atoms with Crippen molar-refractivity contribution in [3.8, 4) is 11.3 Å². The minimum absolute atomic E-state index is 0.249. The number of carbonyl (C=O) groups is 1. The summed E-state index contributed by atoms with van der Waals surface area (Å²) in [5.74, 6) is 0.531. The molecule has 0 N–H and O–H groups in total. The average Bonchev–Trinajstić information content (AvgIpc) is 2.83. The molecule has 0 bridgehead atoms. The van der Waals surface area contributed by atoms with E-state index >= 15 is 0 Å². The standard InChI is InChI=1S/C17H13IO3/c1-11(19)20-10-12-6-2-3-7-13(12)17-16(18)14-8-4-5-9-15(14)21-17/h2-9H,10H2,1H3. The van der Waals surface area contributed by atoms with E-state index in [0.29, 0.717) is 0 Å². The maximum atomic E-state index is 11.0. The quantitative estimate of drug-likeness (QED) is 0.476. The van der Waals surface area contributed by atoms with Crippen LogP contribution in [0.25, 0.3) is 22.3 Å². The van der Waals surface area contributed by atoms with Gasteiger partial charge in [-0.1, -0.05) is 42.5 Å². The van der Waals surface area contributed by atoms with Crippen LogP contribution < -0.4 is 0 Å². The van der Waals surface area contributed by atoms with Gasteiger partial charge in [-0.15, -0.1) is 0 Å². The van der Waals surface area contributed by atoms with E-state index in [9.17, 15) is 4.79 Å². The Morgan fingerprint density at radius 1 is 1.14 bits per heavy atom. The van der Waals surface area contributed by atoms with E-state index in [4.69, 9.17) is 9.15 Å². The summed E-state index contributed by atoms with van der Waals surface area (Å²) in [7, 11) is 0. The van der Waals surface area contributed by atoms with Crippen LogP contribution in [0.1, 0.15) is 12.5 Å². The number of rotatable bonds is 3. The molecule has 1 aromatic heterocycles. The lowest BCUT2D eigenvalue weighted by atomic mass is 10.1. The summed E-state index contributed by atoms with van der Waals surface area (Å²) in [6.07, 6.45) is 0. The van der Waals surface area contributed by atoms with Crippen molar-refractivity contribution in [1.82, 2.24) is 0 Å². The van der Waals surface area contributed by atoms with E-state index in [0.717, 1.165) is 31.4 Å². The highest BCUT2D eigenvalue weighted by atomic mass is 127. The molecule has 0 radical (unpaired) electrons. The van der Waals surface area contributed by atoms with Crippen LogP contribution in [0.15, 0.2) is 52.9 Å². The van der Waals surface area contributed by atoms with Gasteiger partial charge in [-0.2, -0.15) is 0 Å². The Hall–Kier alpha value is -1.82. The number of para-hydroxylation sites is 1. The first kappa shape index (κ1) is 14.1. The SMILES string of the molecule is CC(=O)OCc1ccccc1-c1oc2ccccc2c1I. The van der Waals surface area contributed by atoms with Crippen LogP contribution in [0.3, 0.4) is 0 Å². The van der Waals surface area contributed by atoms with Crippen LogP contribution in [-0.4, -0.2) is 5.97 Å². The predicted octanol–water partition coefficient (Wildman–Crippen LogP) is 4.77. The Bertz CT molecular complexity index is 805. The number of halogens is 1. The van der Waals surface area contributed by atoms with Crippen molar-refractivity contribution >= 4 is 39.5 Å². The van der Waals surface area contributed by atoms with Crippen molar-refractivity contribution in [1.29, 1.82) is 0 Å². The first-order chi connectivity index (χ1) is 10.2. The molecule has 0 unspecified atom stereocenters. The zero-order valence-corrected chi connectivity index (χ0v) is 13.6. The molecule has 3 nitrogen and oxygen atoms in total. The summed E-state index contributed by atoms with van der Waals surface area (Å²) in [6.45, 7) is 1.66. The van der Waals surface area contributed by atoms with Crippen molar-refractivity contribution in [2.75, 3.05) is 0 Å². The first-order valence-corrected chi connectivity index (χ1v) is 7.63. The van der Waals surface area contributed by atoms with Crippen molar-refractivity contribution in [2.45, 2.75) is 13.5 Å². The monoisotopic (exact) mass is 392 g/mol. The fraction of sp³-hybridized carbons (Fsp3) is 0.118. The van der Waals surface area contributed by atoms with E-state index in [-0.39, 0.29) is 12.6 Å². The molecular weight excluding hydrogens is 379 g/mol. The van der Waals surface area contributed by atoms with Gasteiger partial charge in [0.25, 0.3) is 0 Å². The van der Waals surface area contributed by atoms with Gasteiger partial charge in [0.15, 0.2) is 0 Å². The zero-order chi connectivity index (χ0) is 14.8. The fourth-order valence-electron chi connectivity index (χ4n) is 2.23. The molecule has 2 aromatic carbocycles. The number of esters is 1. The second-order valence-corrected chi connectivity index (χ2v) is 5.76. The Kier molecular flexibility index (Phi) is 3.96. The van der Waals surface area contributed by atoms with E-state index in [1.807, 2.05) is 48.5 Å². The smallest absolute Gasteiger partial charge is 0.302 e. The third kappa shape index (κ3) is 2.81. The van der Waals surface area contributed by atoms with Gasteiger partial charge in [-0.3, -0.25) is 4.79 Å². The van der Waals surface area contributed by atoms with Gasteiger partial charge in [0.05, 0.1) is 3.57 Å². The number of hydrogen-bond acceptors (Lipinski definition) is 3. The summed E-state index contributed by atoms with van der Waals surface area (Å²) in [6, 6.07) is 15.8. The minimum Gasteiger partial charge on any atom is -0.461 e. The lowest BCUT2D eigenvalue weighted by Crippen LogP contribution is -2.00. The minimum atomic E-state index is -0.288. The lowest BCUT2D eigenvalue weighted by molar-refractivity contribution is -0.142. The van der Waals surface area contributed by atoms with Crippen LogP contribution >= 0.6 is 22.6 Å². The molecule has 21 heavy (non-hydrogen) atoms. The summed E-state index contributed by atoms with van der Waals surface area (Å²) >= 11 is 2.29. The van der Waals surface area contributed by atoms with E-state index in [1.54, 1.807) is 0 Å². The Balaban J connectivity index is 2.10. The van der Waals surface area contributed by atoms with Crippen molar-refractivity contribution < 1.29 is 13.9 Å². The van der Waals surface area contributed by atoms with E-state index in [2.05, 4.69) is 22.6 Å². The van der Waals surface area contributed by atoms with Crippen LogP contribution in [0.4, 0.5) is 0 Å². The summed E-state index contributed by atoms with van der Waals surface area (Å²) < 4.78 is 12.2. The van der Waals surface area contributed by atoms with Crippen molar-refractivity contribution in [2.24, 2.45) is 0 Å². The largest absolute Gasteiger partial charge is 0.461 e. The molecule has 1 heterocycles. The maximum absolute atomic E-state index is 11.0. The number of benzene rings is 2. The first-order valence-electron chi connectivity index (χ1n) is 6.55. The number of furan rings is 1. The summed E-state index contributed by atoms with van der Waals surface area (Å²) in [5, 5.41) is 1.09. The second kappa shape index (κ2) is 5.89.